The maximum Gasteiger partial charge on any atom is 0.138 e. The topological polar surface area (TPSA) is 57.4 Å². The minimum atomic E-state index is 0. The van der Waals surface area contributed by atoms with Crippen molar-refractivity contribution in [3.8, 4) is 17.2 Å². The van der Waals surface area contributed by atoms with Gasteiger partial charge in [0, 0.05) is 24.8 Å². The van der Waals surface area contributed by atoms with Gasteiger partial charge < -0.3 is 15.2 Å². The van der Waals surface area contributed by atoms with E-state index in [1.165, 1.54) is 0 Å². The van der Waals surface area contributed by atoms with Gasteiger partial charge in [-0.25, -0.2) is 0 Å². The summed E-state index contributed by atoms with van der Waals surface area (Å²) in [4.78, 5) is 4.40. The highest BCUT2D eigenvalue weighted by atomic mass is 16.5. The molecular formula is C20H26N2O2. The Morgan fingerprint density at radius 1 is 1.04 bits per heavy atom. The third-order valence-electron chi connectivity index (χ3n) is 3.41. The Bertz CT molecular complexity index is 805. The predicted molar refractivity (Wildman–Crippen MR) is 102 cm³/mol. The lowest BCUT2D eigenvalue weighted by Crippen LogP contribution is -1.95. The summed E-state index contributed by atoms with van der Waals surface area (Å²) < 4.78 is 11.6. The number of ether oxygens (including phenoxy) is 2. The van der Waals surface area contributed by atoms with Crippen LogP contribution in [0.4, 0.5) is 5.69 Å². The van der Waals surface area contributed by atoms with Crippen molar-refractivity contribution < 1.29 is 10.9 Å². The lowest BCUT2D eigenvalue weighted by Gasteiger charge is -2.12. The smallest absolute Gasteiger partial charge is 0.138 e. The van der Waals surface area contributed by atoms with Crippen molar-refractivity contribution in [2.45, 2.75) is 27.7 Å². The monoisotopic (exact) mass is 326 g/mol. The highest BCUT2D eigenvalue weighted by Gasteiger charge is 2.09. The molecule has 4 heteroatoms. The van der Waals surface area contributed by atoms with Crippen molar-refractivity contribution >= 4 is 16.6 Å². The first-order valence-electron chi connectivity index (χ1n) is 8.23. The molecule has 0 spiro atoms. The Hall–Kier alpha value is -2.75. The Morgan fingerprint density at radius 3 is 2.42 bits per heavy atom. The second-order valence-electron chi connectivity index (χ2n) is 5.05. The summed E-state index contributed by atoms with van der Waals surface area (Å²) >= 11 is 0. The van der Waals surface area contributed by atoms with E-state index >= 15 is 0 Å². The number of benzene rings is 2. The highest BCUT2D eigenvalue weighted by Crippen LogP contribution is 2.33. The molecule has 0 aliphatic carbocycles. The average Bonchev–Trinajstić information content (AvgIpc) is 2.60. The van der Waals surface area contributed by atoms with Gasteiger partial charge in [0.15, 0.2) is 0 Å². The molecule has 4 nitrogen and oxygen atoms in total. The van der Waals surface area contributed by atoms with Crippen LogP contribution < -0.4 is 15.2 Å². The normalized spacial score (nSPS) is 10.0. The van der Waals surface area contributed by atoms with Crippen molar-refractivity contribution in [2.75, 3.05) is 12.3 Å². The molecule has 1 aromatic heterocycles. The summed E-state index contributed by atoms with van der Waals surface area (Å²) in [6.07, 6.45) is 1.74. The number of nitrogens with two attached hydrogens (primary N) is 1. The molecule has 1 heterocycles. The highest BCUT2D eigenvalue weighted by molar-refractivity contribution is 5.87. The number of nitrogen functional groups attached to an aromatic ring is 1. The minimum absolute atomic E-state index is 0. The van der Waals surface area contributed by atoms with Crippen LogP contribution in [-0.2, 0) is 0 Å². The van der Waals surface area contributed by atoms with E-state index in [1.54, 1.807) is 6.20 Å². The number of rotatable bonds is 4. The van der Waals surface area contributed by atoms with Gasteiger partial charge in [0.05, 0.1) is 12.1 Å². The van der Waals surface area contributed by atoms with Gasteiger partial charge in [0.1, 0.15) is 17.2 Å². The third kappa shape index (κ3) is 3.96. The number of aromatic nitrogens is 1. The summed E-state index contributed by atoms with van der Waals surface area (Å²) in [5, 5.41) is 0.959. The quantitative estimate of drug-likeness (QED) is 0.635. The van der Waals surface area contributed by atoms with Gasteiger partial charge in [-0.2, -0.15) is 0 Å². The second kappa shape index (κ2) is 8.20. The molecule has 0 radical (unpaired) electrons. The fourth-order valence-corrected chi connectivity index (χ4v) is 2.32. The summed E-state index contributed by atoms with van der Waals surface area (Å²) in [7, 11) is 0. The number of nitrogens with zero attached hydrogens (tertiary/aromatic N) is 1. The molecule has 2 N–H and O–H groups in total. The molecule has 0 aliphatic rings. The zero-order valence-corrected chi connectivity index (χ0v) is 14.7. The van der Waals surface area contributed by atoms with E-state index in [0.29, 0.717) is 12.3 Å². The molecule has 128 valence electrons. The largest absolute Gasteiger partial charge is 0.494 e. The van der Waals surface area contributed by atoms with Crippen molar-refractivity contribution in [1.82, 2.24) is 4.98 Å². The molecule has 0 fully saturated rings. The van der Waals surface area contributed by atoms with E-state index in [1.807, 2.05) is 70.2 Å². The number of aryl methyl sites for hydroxylation is 1. The zero-order chi connectivity index (χ0) is 17.5. The Morgan fingerprint density at radius 2 is 1.75 bits per heavy atom. The summed E-state index contributed by atoms with van der Waals surface area (Å²) in [5.74, 6) is 2.36. The van der Waals surface area contributed by atoms with Crippen molar-refractivity contribution in [3.63, 3.8) is 0 Å². The Labute approximate surface area is 144 Å². The molecule has 0 aliphatic heterocycles. The Balaban J connectivity index is 0.00000101. The molecule has 0 saturated heterocycles. The van der Waals surface area contributed by atoms with Crippen LogP contribution in [0.3, 0.4) is 0 Å². The first-order valence-corrected chi connectivity index (χ1v) is 8.23. The van der Waals surface area contributed by atoms with Gasteiger partial charge in [0.25, 0.3) is 0 Å². The van der Waals surface area contributed by atoms with Crippen LogP contribution in [0.2, 0.25) is 0 Å². The number of hydrogen-bond acceptors (Lipinski definition) is 4. The van der Waals surface area contributed by atoms with Gasteiger partial charge in [-0.1, -0.05) is 13.8 Å². The first-order chi connectivity index (χ1) is 11.7. The lowest BCUT2D eigenvalue weighted by molar-refractivity contribution is 0.338. The van der Waals surface area contributed by atoms with E-state index in [2.05, 4.69) is 4.98 Å². The van der Waals surface area contributed by atoms with Crippen LogP contribution in [0.1, 0.15) is 27.8 Å². The number of fused-ring (bicyclic) bond motifs is 1. The van der Waals surface area contributed by atoms with Crippen LogP contribution in [0.5, 0.6) is 17.2 Å². The molecule has 2 aromatic carbocycles. The standard InChI is InChI=1S/C18H18N2O2.C2H6.H2/c1-3-21-18-11-16-15(10-12(18)2)17(8-9-20-16)22-14-6-4-13(19)5-7-14;1-2;/h4-11H,3,19H2,1-2H3;1-2H3;1H. The molecule has 0 saturated carbocycles. The fourth-order valence-electron chi connectivity index (χ4n) is 2.32. The summed E-state index contributed by atoms with van der Waals surface area (Å²) in [6, 6.07) is 13.2. The van der Waals surface area contributed by atoms with Crippen LogP contribution >= 0.6 is 0 Å². The predicted octanol–water partition coefficient (Wildman–Crippen LogP) is 5.59. The second-order valence-corrected chi connectivity index (χ2v) is 5.05. The summed E-state index contributed by atoms with van der Waals surface area (Å²) in [6.45, 7) is 8.62. The number of anilines is 1. The fraction of sp³-hybridized carbons (Fsp3) is 0.250. The van der Waals surface area contributed by atoms with Gasteiger partial charge in [-0.05, 0) is 55.8 Å². The zero-order valence-electron chi connectivity index (χ0n) is 14.7. The van der Waals surface area contributed by atoms with E-state index < -0.39 is 0 Å². The molecular weight excluding hydrogens is 300 g/mol. The number of hydrogen-bond donors (Lipinski definition) is 1. The van der Waals surface area contributed by atoms with Crippen molar-refractivity contribution in [2.24, 2.45) is 0 Å². The molecule has 0 atom stereocenters. The average molecular weight is 326 g/mol. The molecule has 3 rings (SSSR count). The molecule has 3 aromatic rings. The summed E-state index contributed by atoms with van der Waals surface area (Å²) in [5.41, 5.74) is 8.32. The molecule has 24 heavy (non-hydrogen) atoms. The van der Waals surface area contributed by atoms with Gasteiger partial charge >= 0.3 is 0 Å². The maximum atomic E-state index is 5.97. The van der Waals surface area contributed by atoms with Crippen molar-refractivity contribution in [1.29, 1.82) is 0 Å². The third-order valence-corrected chi connectivity index (χ3v) is 3.41. The van der Waals surface area contributed by atoms with E-state index in [9.17, 15) is 0 Å². The number of pyridine rings is 1. The van der Waals surface area contributed by atoms with Gasteiger partial charge in [0.2, 0.25) is 0 Å². The van der Waals surface area contributed by atoms with E-state index in [0.717, 1.165) is 33.7 Å². The first kappa shape index (κ1) is 17.6. The maximum absolute atomic E-state index is 5.97. The van der Waals surface area contributed by atoms with Crippen molar-refractivity contribution in [3.05, 3.63) is 54.2 Å². The van der Waals surface area contributed by atoms with Crippen LogP contribution in [-0.4, -0.2) is 11.6 Å². The van der Waals surface area contributed by atoms with Gasteiger partial charge in [-0.3, -0.25) is 4.98 Å². The SMILES string of the molecule is CC.CCOc1cc2nccc(Oc3ccc(N)cc3)c2cc1C.[HH]. The van der Waals surface area contributed by atoms with Crippen LogP contribution in [0.15, 0.2) is 48.7 Å². The van der Waals surface area contributed by atoms with Gasteiger partial charge in [-0.15, -0.1) is 0 Å². The molecule has 0 bridgehead atoms. The molecule has 0 amide bonds. The molecule has 0 unspecified atom stereocenters. The Kier molecular flexibility index (Phi) is 6.01. The van der Waals surface area contributed by atoms with Crippen LogP contribution in [0, 0.1) is 6.92 Å². The van der Waals surface area contributed by atoms with E-state index in [4.69, 9.17) is 15.2 Å². The lowest BCUT2D eigenvalue weighted by atomic mass is 10.1. The van der Waals surface area contributed by atoms with E-state index in [-0.39, 0.29) is 1.43 Å². The minimum Gasteiger partial charge on any atom is -0.494 e. The van der Waals surface area contributed by atoms with Crippen LogP contribution in [0.25, 0.3) is 10.9 Å².